The Bertz CT molecular complexity index is 305. The summed E-state index contributed by atoms with van der Waals surface area (Å²) in [5.41, 5.74) is 3.22. The molecule has 3 rings (SSSR count). The maximum atomic E-state index is 3.67. The van der Waals surface area contributed by atoms with Crippen LogP contribution in [0, 0.1) is 0 Å². The normalized spacial score (nSPS) is 32.3. The molecule has 1 N–H and O–H groups in total. The lowest BCUT2D eigenvalue weighted by Crippen LogP contribution is -2.40. The highest BCUT2D eigenvalue weighted by molar-refractivity contribution is 7.08. The van der Waals surface area contributed by atoms with Crippen molar-refractivity contribution in [2.45, 2.75) is 44.2 Å². The Morgan fingerprint density at radius 2 is 2.15 bits per heavy atom. The lowest BCUT2D eigenvalue weighted by molar-refractivity contribution is 0.309. The van der Waals surface area contributed by atoms with Gasteiger partial charge in [0.15, 0.2) is 0 Å². The van der Waals surface area contributed by atoms with Crippen LogP contribution in [-0.2, 0) is 6.54 Å². The minimum Gasteiger partial charge on any atom is -0.309 e. The Kier molecular flexibility index (Phi) is 1.91. The molecular formula is C11H15NS. The number of hydrogen-bond acceptors (Lipinski definition) is 2. The van der Waals surface area contributed by atoms with Gasteiger partial charge < -0.3 is 5.32 Å². The van der Waals surface area contributed by atoms with E-state index in [-0.39, 0.29) is 0 Å². The zero-order valence-corrected chi connectivity index (χ0v) is 8.57. The quantitative estimate of drug-likeness (QED) is 0.668. The molecule has 2 heterocycles. The molecule has 13 heavy (non-hydrogen) atoms. The fraction of sp³-hybridized carbons (Fsp3) is 0.636. The van der Waals surface area contributed by atoms with Gasteiger partial charge in [0.2, 0.25) is 0 Å². The van der Waals surface area contributed by atoms with Crippen molar-refractivity contribution in [1.29, 1.82) is 0 Å². The van der Waals surface area contributed by atoms with E-state index >= 15 is 0 Å². The van der Waals surface area contributed by atoms with E-state index in [4.69, 9.17) is 0 Å². The van der Waals surface area contributed by atoms with Crippen LogP contribution in [0.15, 0.2) is 10.8 Å². The molecule has 1 fully saturated rings. The van der Waals surface area contributed by atoms with E-state index in [0.717, 1.165) is 18.5 Å². The van der Waals surface area contributed by atoms with E-state index in [1.54, 1.807) is 11.1 Å². The minimum atomic E-state index is 0.788. The summed E-state index contributed by atoms with van der Waals surface area (Å²) in [6.07, 6.45) is 5.65. The van der Waals surface area contributed by atoms with Crippen LogP contribution in [0.2, 0.25) is 0 Å². The van der Waals surface area contributed by atoms with Crippen LogP contribution in [-0.4, -0.2) is 6.04 Å². The lowest BCUT2D eigenvalue weighted by Gasteiger charge is -2.36. The van der Waals surface area contributed by atoms with Crippen LogP contribution in [0.5, 0.6) is 0 Å². The van der Waals surface area contributed by atoms with Crippen LogP contribution in [0.3, 0.4) is 0 Å². The van der Waals surface area contributed by atoms with Gasteiger partial charge in [-0.05, 0) is 34.7 Å². The lowest BCUT2D eigenvalue weighted by atomic mass is 9.77. The second-order valence-electron chi connectivity index (χ2n) is 4.23. The Balaban J connectivity index is 1.97. The highest BCUT2D eigenvalue weighted by Crippen LogP contribution is 2.39. The molecule has 0 bridgehead atoms. The van der Waals surface area contributed by atoms with Crippen molar-refractivity contribution < 1.29 is 0 Å². The molecule has 1 aliphatic carbocycles. The zero-order valence-electron chi connectivity index (χ0n) is 7.75. The predicted molar refractivity (Wildman–Crippen MR) is 56.2 cm³/mol. The molecule has 1 saturated carbocycles. The number of fused-ring (bicyclic) bond motifs is 3. The first kappa shape index (κ1) is 8.01. The molecule has 0 saturated heterocycles. The summed E-state index contributed by atoms with van der Waals surface area (Å²) >= 11 is 1.87. The van der Waals surface area contributed by atoms with E-state index in [0.29, 0.717) is 0 Å². The molecule has 2 unspecified atom stereocenters. The van der Waals surface area contributed by atoms with Gasteiger partial charge in [0, 0.05) is 18.5 Å². The maximum absolute atomic E-state index is 3.67. The summed E-state index contributed by atoms with van der Waals surface area (Å²) in [7, 11) is 0. The van der Waals surface area contributed by atoms with Gasteiger partial charge in [0.05, 0.1) is 0 Å². The van der Waals surface area contributed by atoms with Crippen LogP contribution in [0.1, 0.15) is 42.7 Å². The Labute approximate surface area is 83.2 Å². The van der Waals surface area contributed by atoms with E-state index < -0.39 is 0 Å². The summed E-state index contributed by atoms with van der Waals surface area (Å²) in [5, 5.41) is 8.36. The van der Waals surface area contributed by atoms with E-state index in [2.05, 4.69) is 16.1 Å². The van der Waals surface area contributed by atoms with E-state index in [1.807, 2.05) is 11.3 Å². The van der Waals surface area contributed by atoms with Gasteiger partial charge in [-0.1, -0.05) is 12.8 Å². The maximum Gasteiger partial charge on any atom is 0.0219 e. The highest BCUT2D eigenvalue weighted by atomic mass is 32.1. The molecule has 1 aliphatic heterocycles. The van der Waals surface area contributed by atoms with Crippen molar-refractivity contribution in [3.8, 4) is 0 Å². The SMILES string of the molecule is c1scc2c1CNC1CCCCC21. The summed E-state index contributed by atoms with van der Waals surface area (Å²) in [5.74, 6) is 0.837. The molecule has 70 valence electrons. The van der Waals surface area contributed by atoms with Crippen molar-refractivity contribution in [2.75, 3.05) is 0 Å². The van der Waals surface area contributed by atoms with Crippen LogP contribution in [0.4, 0.5) is 0 Å². The van der Waals surface area contributed by atoms with E-state index in [9.17, 15) is 0 Å². The molecule has 0 aromatic carbocycles. The van der Waals surface area contributed by atoms with Crippen LogP contribution < -0.4 is 5.32 Å². The molecule has 2 atom stereocenters. The first-order chi connectivity index (χ1) is 6.45. The third-order valence-corrected chi connectivity index (χ3v) is 4.31. The Morgan fingerprint density at radius 1 is 1.23 bits per heavy atom. The number of nitrogens with one attached hydrogen (secondary N) is 1. The molecule has 2 heteroatoms. The first-order valence-electron chi connectivity index (χ1n) is 5.23. The molecule has 2 aliphatic rings. The van der Waals surface area contributed by atoms with Gasteiger partial charge in [-0.25, -0.2) is 0 Å². The van der Waals surface area contributed by atoms with Gasteiger partial charge in [0.25, 0.3) is 0 Å². The van der Waals surface area contributed by atoms with Gasteiger partial charge >= 0.3 is 0 Å². The summed E-state index contributed by atoms with van der Waals surface area (Å²) < 4.78 is 0. The molecule has 1 aromatic rings. The Hall–Kier alpha value is -0.340. The monoisotopic (exact) mass is 193 g/mol. The molecule has 0 radical (unpaired) electrons. The van der Waals surface area contributed by atoms with Gasteiger partial charge in [0.1, 0.15) is 0 Å². The second-order valence-corrected chi connectivity index (χ2v) is 4.97. The summed E-state index contributed by atoms with van der Waals surface area (Å²) in [4.78, 5) is 0. The predicted octanol–water partition coefficient (Wildman–Crippen LogP) is 2.88. The third-order valence-electron chi connectivity index (χ3n) is 3.50. The number of thiophene rings is 1. The van der Waals surface area contributed by atoms with Crippen molar-refractivity contribution >= 4 is 11.3 Å². The largest absolute Gasteiger partial charge is 0.309 e. The molecule has 1 aromatic heterocycles. The van der Waals surface area contributed by atoms with Crippen LogP contribution >= 0.6 is 11.3 Å². The molecule has 1 nitrogen and oxygen atoms in total. The summed E-state index contributed by atoms with van der Waals surface area (Å²) in [6.45, 7) is 1.11. The molecule has 0 amide bonds. The average molecular weight is 193 g/mol. The van der Waals surface area contributed by atoms with Crippen LogP contribution in [0.25, 0.3) is 0 Å². The number of hydrogen-bond donors (Lipinski definition) is 1. The molecule has 0 spiro atoms. The standard InChI is InChI=1S/C11H15NS/c1-2-4-11-9(3-1)10-7-13-6-8(10)5-12-11/h6-7,9,11-12H,1-5H2. The summed E-state index contributed by atoms with van der Waals surface area (Å²) in [6, 6.07) is 0.788. The fourth-order valence-electron chi connectivity index (χ4n) is 2.79. The first-order valence-corrected chi connectivity index (χ1v) is 6.18. The average Bonchev–Trinajstić information content (AvgIpc) is 2.65. The topological polar surface area (TPSA) is 12.0 Å². The fourth-order valence-corrected chi connectivity index (χ4v) is 3.72. The molecular weight excluding hydrogens is 178 g/mol. The van der Waals surface area contributed by atoms with Gasteiger partial charge in [-0.15, -0.1) is 0 Å². The highest BCUT2D eigenvalue weighted by Gasteiger charge is 2.31. The van der Waals surface area contributed by atoms with Crippen molar-refractivity contribution in [3.05, 3.63) is 21.9 Å². The van der Waals surface area contributed by atoms with Crippen molar-refractivity contribution in [2.24, 2.45) is 0 Å². The number of rotatable bonds is 0. The van der Waals surface area contributed by atoms with Crippen molar-refractivity contribution in [1.82, 2.24) is 5.32 Å². The smallest absolute Gasteiger partial charge is 0.0219 e. The minimum absolute atomic E-state index is 0.788. The zero-order chi connectivity index (χ0) is 8.67. The second kappa shape index (κ2) is 3.10. The van der Waals surface area contributed by atoms with Crippen molar-refractivity contribution in [3.63, 3.8) is 0 Å². The third kappa shape index (κ3) is 1.24. The van der Waals surface area contributed by atoms with Gasteiger partial charge in [-0.3, -0.25) is 0 Å². The van der Waals surface area contributed by atoms with E-state index in [1.165, 1.54) is 25.7 Å². The van der Waals surface area contributed by atoms with Gasteiger partial charge in [-0.2, -0.15) is 11.3 Å². The Morgan fingerprint density at radius 3 is 3.15 bits per heavy atom.